The zero-order valence-corrected chi connectivity index (χ0v) is 12.8. The van der Waals surface area contributed by atoms with E-state index in [-0.39, 0.29) is 34.0 Å². The molecule has 2 saturated heterocycles. The van der Waals surface area contributed by atoms with E-state index in [0.29, 0.717) is 0 Å². The molecule has 0 spiro atoms. The molecule has 2 heterocycles. The van der Waals surface area contributed by atoms with Gasteiger partial charge >= 0.3 is 0 Å². The van der Waals surface area contributed by atoms with Crippen LogP contribution in [0.25, 0.3) is 0 Å². The van der Waals surface area contributed by atoms with Gasteiger partial charge in [0, 0.05) is 0 Å². The Hall–Kier alpha value is 0.880. The van der Waals surface area contributed by atoms with Crippen molar-refractivity contribution in [2.45, 2.75) is 25.7 Å². The third-order valence-corrected chi connectivity index (χ3v) is 2.66. The summed E-state index contributed by atoms with van der Waals surface area (Å²) in [6.07, 6.45) is 5.65. The summed E-state index contributed by atoms with van der Waals surface area (Å²) in [5, 5.41) is 0. The average molecular weight is 332 g/mol. The summed E-state index contributed by atoms with van der Waals surface area (Å²) >= 11 is 0. The van der Waals surface area contributed by atoms with E-state index in [2.05, 4.69) is 23.9 Å². The van der Waals surface area contributed by atoms with Crippen LogP contribution in [0.4, 0.5) is 0 Å². The minimum Gasteiger partial charge on any atom is -0.306 e. The molecular weight excluding hydrogens is 308 g/mol. The highest BCUT2D eigenvalue weighted by molar-refractivity contribution is 8.93. The number of nitrogens with zero attached hydrogens (tertiary/aromatic N) is 2. The highest BCUT2D eigenvalue weighted by Gasteiger charge is 2.03. The molecule has 2 aliphatic rings. The van der Waals surface area contributed by atoms with Crippen LogP contribution in [0, 0.1) is 0 Å². The fourth-order valence-corrected chi connectivity index (χ4v) is 1.75. The Bertz CT molecular complexity index is 96.7. The maximum absolute atomic E-state index is 2.36. The summed E-state index contributed by atoms with van der Waals surface area (Å²) in [5.74, 6) is 0. The standard InChI is InChI=1S/2C5H11N.2BrH/c2*1-6-4-2-3-5-6;;/h2*2-5H2,1H3;2*1H. The molecule has 0 amide bonds. The first kappa shape index (κ1) is 17.3. The summed E-state index contributed by atoms with van der Waals surface area (Å²) in [5.41, 5.74) is 0. The molecule has 0 atom stereocenters. The molecule has 4 heteroatoms. The molecule has 0 aromatic rings. The largest absolute Gasteiger partial charge is 0.306 e. The van der Waals surface area contributed by atoms with E-state index in [1.807, 2.05) is 0 Å². The normalized spacial score (nSPS) is 21.9. The van der Waals surface area contributed by atoms with E-state index in [1.165, 1.54) is 51.9 Å². The number of likely N-dealkylation sites (tertiary alicyclic amines) is 2. The Kier molecular flexibility index (Phi) is 12.8. The van der Waals surface area contributed by atoms with Crippen molar-refractivity contribution in [3.05, 3.63) is 0 Å². The van der Waals surface area contributed by atoms with E-state index in [9.17, 15) is 0 Å². The van der Waals surface area contributed by atoms with Crippen LogP contribution in [-0.2, 0) is 0 Å². The first-order valence-electron chi connectivity index (χ1n) is 5.16. The van der Waals surface area contributed by atoms with Gasteiger partial charge in [-0.1, -0.05) is 0 Å². The van der Waals surface area contributed by atoms with Crippen molar-refractivity contribution in [3.63, 3.8) is 0 Å². The van der Waals surface area contributed by atoms with Crippen LogP contribution in [0.15, 0.2) is 0 Å². The van der Waals surface area contributed by atoms with Crippen molar-refractivity contribution in [2.75, 3.05) is 40.3 Å². The zero-order chi connectivity index (χ0) is 8.81. The van der Waals surface area contributed by atoms with E-state index >= 15 is 0 Å². The van der Waals surface area contributed by atoms with Gasteiger partial charge in [-0.25, -0.2) is 0 Å². The van der Waals surface area contributed by atoms with E-state index in [4.69, 9.17) is 0 Å². The van der Waals surface area contributed by atoms with Crippen LogP contribution in [0.1, 0.15) is 25.7 Å². The number of hydrogen-bond acceptors (Lipinski definition) is 2. The second-order valence-electron chi connectivity index (χ2n) is 4.02. The van der Waals surface area contributed by atoms with Crippen molar-refractivity contribution in [2.24, 2.45) is 0 Å². The van der Waals surface area contributed by atoms with E-state index in [1.54, 1.807) is 0 Å². The summed E-state index contributed by atoms with van der Waals surface area (Å²) in [6.45, 7) is 5.28. The zero-order valence-electron chi connectivity index (χ0n) is 9.37. The Balaban J connectivity index is 0. The minimum atomic E-state index is 0. The molecule has 0 aromatic carbocycles. The maximum Gasteiger partial charge on any atom is -0.00213 e. The van der Waals surface area contributed by atoms with Crippen LogP contribution in [0.3, 0.4) is 0 Å². The maximum atomic E-state index is 2.36. The van der Waals surface area contributed by atoms with Crippen molar-refractivity contribution < 1.29 is 0 Å². The van der Waals surface area contributed by atoms with Crippen molar-refractivity contribution in [1.29, 1.82) is 0 Å². The molecule has 2 fully saturated rings. The Morgan fingerprint density at radius 2 is 0.786 bits per heavy atom. The molecule has 0 N–H and O–H groups in total. The van der Waals surface area contributed by atoms with Crippen LogP contribution in [-0.4, -0.2) is 50.1 Å². The smallest absolute Gasteiger partial charge is 0.00213 e. The van der Waals surface area contributed by atoms with Gasteiger partial charge in [-0.3, -0.25) is 0 Å². The Morgan fingerprint density at radius 3 is 0.857 bits per heavy atom. The Labute approximate surface area is 110 Å². The van der Waals surface area contributed by atoms with Gasteiger partial charge in [0.15, 0.2) is 0 Å². The van der Waals surface area contributed by atoms with Gasteiger partial charge in [0.25, 0.3) is 0 Å². The third-order valence-electron chi connectivity index (χ3n) is 2.66. The topological polar surface area (TPSA) is 6.48 Å². The molecule has 14 heavy (non-hydrogen) atoms. The predicted molar refractivity (Wildman–Crippen MR) is 74.1 cm³/mol. The summed E-state index contributed by atoms with van der Waals surface area (Å²) in [7, 11) is 4.35. The van der Waals surface area contributed by atoms with Crippen LogP contribution in [0.5, 0.6) is 0 Å². The second kappa shape index (κ2) is 10.4. The van der Waals surface area contributed by atoms with Crippen molar-refractivity contribution in [1.82, 2.24) is 9.80 Å². The molecule has 0 aliphatic carbocycles. The third kappa shape index (κ3) is 8.21. The molecule has 88 valence electrons. The highest BCUT2D eigenvalue weighted by Crippen LogP contribution is 2.02. The molecule has 2 nitrogen and oxygen atoms in total. The fraction of sp³-hybridized carbons (Fsp3) is 1.00. The van der Waals surface area contributed by atoms with Gasteiger partial charge in [0.1, 0.15) is 0 Å². The molecule has 0 bridgehead atoms. The number of hydrogen-bond donors (Lipinski definition) is 0. The summed E-state index contributed by atoms with van der Waals surface area (Å²) < 4.78 is 0. The molecule has 0 aromatic heterocycles. The van der Waals surface area contributed by atoms with Crippen LogP contribution >= 0.6 is 34.0 Å². The van der Waals surface area contributed by atoms with Crippen LogP contribution < -0.4 is 0 Å². The number of rotatable bonds is 0. The lowest BCUT2D eigenvalue weighted by Gasteiger charge is -2.01. The predicted octanol–water partition coefficient (Wildman–Crippen LogP) is 2.58. The van der Waals surface area contributed by atoms with Crippen molar-refractivity contribution >= 4 is 34.0 Å². The summed E-state index contributed by atoms with van der Waals surface area (Å²) in [4.78, 5) is 4.72. The van der Waals surface area contributed by atoms with Gasteiger partial charge in [-0.15, -0.1) is 34.0 Å². The SMILES string of the molecule is Br.Br.CN1CCCC1.CN1CCCC1. The lowest BCUT2D eigenvalue weighted by molar-refractivity contribution is 0.418. The van der Waals surface area contributed by atoms with Crippen LogP contribution in [0.2, 0.25) is 0 Å². The number of halogens is 2. The lowest BCUT2D eigenvalue weighted by atomic mass is 10.4. The van der Waals surface area contributed by atoms with Gasteiger partial charge in [0.05, 0.1) is 0 Å². The minimum absolute atomic E-state index is 0. The van der Waals surface area contributed by atoms with Gasteiger partial charge in [-0.2, -0.15) is 0 Å². The molecule has 2 aliphatic heterocycles. The molecule has 0 saturated carbocycles. The quantitative estimate of drug-likeness (QED) is 0.673. The fourth-order valence-electron chi connectivity index (χ4n) is 1.75. The molecule has 2 rings (SSSR count). The monoisotopic (exact) mass is 330 g/mol. The average Bonchev–Trinajstić information content (AvgIpc) is 2.63. The lowest BCUT2D eigenvalue weighted by Crippen LogP contribution is -2.10. The Morgan fingerprint density at radius 1 is 0.571 bits per heavy atom. The van der Waals surface area contributed by atoms with Gasteiger partial charge in [0.2, 0.25) is 0 Å². The second-order valence-corrected chi connectivity index (χ2v) is 4.02. The van der Waals surface area contributed by atoms with Crippen molar-refractivity contribution in [3.8, 4) is 0 Å². The van der Waals surface area contributed by atoms with Gasteiger partial charge in [-0.05, 0) is 66.0 Å². The molecule has 0 radical (unpaired) electrons. The van der Waals surface area contributed by atoms with E-state index in [0.717, 1.165) is 0 Å². The first-order chi connectivity index (χ1) is 5.79. The molecule has 0 unspecified atom stereocenters. The van der Waals surface area contributed by atoms with E-state index < -0.39 is 0 Å². The highest BCUT2D eigenvalue weighted by atomic mass is 79.9. The summed E-state index contributed by atoms with van der Waals surface area (Å²) in [6, 6.07) is 0. The van der Waals surface area contributed by atoms with Gasteiger partial charge < -0.3 is 9.80 Å². The first-order valence-corrected chi connectivity index (χ1v) is 5.16. The molecular formula is C10H24Br2N2.